The lowest BCUT2D eigenvalue weighted by molar-refractivity contribution is -0.143. The van der Waals surface area contributed by atoms with Gasteiger partial charge < -0.3 is 4.90 Å². The van der Waals surface area contributed by atoms with Gasteiger partial charge in [0.25, 0.3) is 0 Å². The van der Waals surface area contributed by atoms with Crippen LogP contribution < -0.4 is 0 Å². The zero-order valence-corrected chi connectivity index (χ0v) is 18.1. The highest BCUT2D eigenvalue weighted by atomic mass is 32.2. The predicted octanol–water partition coefficient (Wildman–Crippen LogP) is 6.13. The van der Waals surface area contributed by atoms with E-state index in [1.54, 1.807) is 0 Å². The molecule has 0 radical (unpaired) electrons. The van der Waals surface area contributed by atoms with Crippen LogP contribution in [0.15, 0.2) is 52.4 Å². The molecule has 2 aromatic carbocycles. The molecule has 3 heterocycles. The van der Waals surface area contributed by atoms with Gasteiger partial charge in [0, 0.05) is 30.4 Å². The summed E-state index contributed by atoms with van der Waals surface area (Å²) >= 11 is 1.26. The molecule has 4 nitrogen and oxygen atoms in total. The van der Waals surface area contributed by atoms with Gasteiger partial charge >= 0.3 is 12.4 Å². The zero-order valence-electron chi connectivity index (χ0n) is 17.3. The molecule has 0 spiro atoms. The molecule has 0 bridgehead atoms. The fourth-order valence-corrected chi connectivity index (χ4v) is 5.82. The Bertz CT molecular complexity index is 1070. The number of nitrogens with zero attached hydrogens (tertiary/aromatic N) is 3. The molecule has 0 aliphatic carbocycles. The van der Waals surface area contributed by atoms with E-state index < -0.39 is 23.5 Å². The summed E-state index contributed by atoms with van der Waals surface area (Å²) in [6.07, 6.45) is -9.13. The molecule has 2 saturated heterocycles. The zero-order chi connectivity index (χ0) is 23.5. The minimum atomic E-state index is -4.92. The third-order valence-corrected chi connectivity index (χ3v) is 7.40. The van der Waals surface area contributed by atoms with Crippen LogP contribution in [0, 0.1) is 5.92 Å². The number of rotatable bonds is 1. The van der Waals surface area contributed by atoms with Crippen LogP contribution in [0.5, 0.6) is 0 Å². The largest absolute Gasteiger partial charge is 0.416 e. The van der Waals surface area contributed by atoms with E-state index in [9.17, 15) is 26.3 Å². The average Bonchev–Trinajstić information content (AvgIpc) is 3.11. The molecule has 0 saturated carbocycles. The van der Waals surface area contributed by atoms with Crippen molar-refractivity contribution in [3.05, 3.63) is 59.2 Å². The molecule has 2 fully saturated rings. The van der Waals surface area contributed by atoms with Gasteiger partial charge in [-0.2, -0.15) is 31.4 Å². The van der Waals surface area contributed by atoms with Crippen molar-refractivity contribution in [2.24, 2.45) is 10.9 Å². The Balaban J connectivity index is 1.60. The van der Waals surface area contributed by atoms with Gasteiger partial charge in [-0.05, 0) is 36.2 Å². The van der Waals surface area contributed by atoms with E-state index >= 15 is 0 Å². The van der Waals surface area contributed by atoms with Crippen molar-refractivity contribution in [3.63, 3.8) is 0 Å². The first-order valence-corrected chi connectivity index (χ1v) is 11.1. The Labute approximate surface area is 190 Å². The second-order valence-electron chi connectivity index (χ2n) is 8.37. The van der Waals surface area contributed by atoms with Crippen molar-refractivity contribution in [1.29, 1.82) is 0 Å². The second kappa shape index (κ2) is 7.92. The van der Waals surface area contributed by atoms with Crippen molar-refractivity contribution < 1.29 is 31.2 Å². The van der Waals surface area contributed by atoms with Crippen molar-refractivity contribution in [1.82, 2.24) is 9.96 Å². The third kappa shape index (κ3) is 4.22. The van der Waals surface area contributed by atoms with Crippen LogP contribution >= 0.6 is 11.8 Å². The van der Waals surface area contributed by atoms with Crippen molar-refractivity contribution in [3.8, 4) is 0 Å². The second-order valence-corrected chi connectivity index (χ2v) is 9.38. The van der Waals surface area contributed by atoms with E-state index in [4.69, 9.17) is 4.84 Å². The molecule has 3 atom stereocenters. The van der Waals surface area contributed by atoms with Gasteiger partial charge in [-0.25, -0.2) is 4.99 Å². The highest BCUT2D eigenvalue weighted by Crippen LogP contribution is 2.48. The summed E-state index contributed by atoms with van der Waals surface area (Å²) in [6.45, 7) is 1.05. The van der Waals surface area contributed by atoms with Gasteiger partial charge in [0.2, 0.25) is 0 Å². The molecule has 2 aromatic rings. The van der Waals surface area contributed by atoms with Crippen molar-refractivity contribution >= 4 is 22.6 Å². The minimum absolute atomic E-state index is 0.0977. The number of aliphatic imine (C=N–C) groups is 1. The molecule has 0 unspecified atom stereocenters. The number of amidine groups is 1. The topological polar surface area (TPSA) is 28.1 Å². The molecule has 11 heteroatoms. The number of piperidine rings is 1. The molecule has 3 aliphatic heterocycles. The standard InChI is InChI=1S/C22H19F6N3OS/c1-30-17-9-18-16-4-2-3-5-19(16)33-20(31(18)10-12(17)11-32-30)29-15-7-13(21(23,24)25)6-14(8-15)22(26,27)28/h2-8,12,17-18H,9-11H2,1H3/t12-,17-,18-/m0/s1. The van der Waals surface area contributed by atoms with E-state index in [-0.39, 0.29) is 29.8 Å². The van der Waals surface area contributed by atoms with Gasteiger partial charge in [-0.1, -0.05) is 30.0 Å². The summed E-state index contributed by atoms with van der Waals surface area (Å²) in [5, 5.41) is 2.23. The first kappa shape index (κ1) is 22.5. The SMILES string of the molecule is CN1OC[C@@H]2CN3C(=Nc4cc(C(F)(F)F)cc(C(F)(F)F)c4)Sc4ccccc4[C@@H]3C[C@@H]21. The molecule has 0 amide bonds. The Kier molecular flexibility index (Phi) is 5.41. The van der Waals surface area contributed by atoms with E-state index in [2.05, 4.69) is 4.99 Å². The molecule has 176 valence electrons. The Morgan fingerprint density at radius 1 is 1.00 bits per heavy atom. The lowest BCUT2D eigenvalue weighted by atomic mass is 9.86. The molecular weight excluding hydrogens is 468 g/mol. The Morgan fingerprint density at radius 2 is 1.67 bits per heavy atom. The molecule has 0 aromatic heterocycles. The van der Waals surface area contributed by atoms with Gasteiger partial charge in [0.15, 0.2) is 5.17 Å². The quantitative estimate of drug-likeness (QED) is 0.453. The highest BCUT2D eigenvalue weighted by molar-refractivity contribution is 8.14. The molecule has 3 aliphatic rings. The fourth-order valence-electron chi connectivity index (χ4n) is 4.68. The normalized spacial score (nSPS) is 26.8. The lowest BCUT2D eigenvalue weighted by Crippen LogP contribution is -2.50. The van der Waals surface area contributed by atoms with Crippen LogP contribution in [-0.4, -0.2) is 41.4 Å². The van der Waals surface area contributed by atoms with Gasteiger partial charge in [0.05, 0.1) is 29.5 Å². The Hall–Kier alpha value is -2.24. The van der Waals surface area contributed by atoms with Crippen LogP contribution in [0.3, 0.4) is 0 Å². The van der Waals surface area contributed by atoms with E-state index in [0.29, 0.717) is 36.9 Å². The van der Waals surface area contributed by atoms with Gasteiger partial charge in [-0.15, -0.1) is 0 Å². The smallest absolute Gasteiger partial charge is 0.343 e. The van der Waals surface area contributed by atoms with E-state index in [1.807, 2.05) is 41.3 Å². The lowest BCUT2D eigenvalue weighted by Gasteiger charge is -2.46. The van der Waals surface area contributed by atoms with E-state index in [1.165, 1.54) is 11.8 Å². The highest BCUT2D eigenvalue weighted by Gasteiger charge is 2.46. The predicted molar refractivity (Wildman–Crippen MR) is 111 cm³/mol. The van der Waals surface area contributed by atoms with Crippen molar-refractivity contribution in [2.75, 3.05) is 20.2 Å². The average molecular weight is 487 g/mol. The van der Waals surface area contributed by atoms with Crippen LogP contribution in [0.4, 0.5) is 32.0 Å². The summed E-state index contributed by atoms with van der Waals surface area (Å²) in [6, 6.07) is 9.18. The number of alkyl halides is 6. The molecule has 5 rings (SSSR count). The van der Waals surface area contributed by atoms with E-state index in [0.717, 1.165) is 10.5 Å². The number of hydroxylamine groups is 2. The Morgan fingerprint density at radius 3 is 2.33 bits per heavy atom. The maximum absolute atomic E-state index is 13.3. The summed E-state index contributed by atoms with van der Waals surface area (Å²) in [4.78, 5) is 12.9. The molecular formula is C22H19F6N3OS. The first-order chi connectivity index (χ1) is 15.5. The number of hydrogen-bond donors (Lipinski definition) is 0. The van der Waals surface area contributed by atoms with Crippen LogP contribution in [0.1, 0.15) is 29.2 Å². The minimum Gasteiger partial charge on any atom is -0.343 e. The summed E-state index contributed by atoms with van der Waals surface area (Å²) in [5.41, 5.74) is -2.06. The summed E-state index contributed by atoms with van der Waals surface area (Å²) in [7, 11) is 1.88. The number of halogens is 6. The molecule has 0 N–H and O–H groups in total. The van der Waals surface area contributed by atoms with Crippen LogP contribution in [0.2, 0.25) is 0 Å². The monoisotopic (exact) mass is 487 g/mol. The number of benzene rings is 2. The van der Waals surface area contributed by atoms with Crippen LogP contribution in [0.25, 0.3) is 0 Å². The van der Waals surface area contributed by atoms with Crippen molar-refractivity contribution in [2.45, 2.75) is 35.8 Å². The number of thioether (sulfide) groups is 1. The summed E-state index contributed by atoms with van der Waals surface area (Å²) < 4.78 is 79.9. The number of hydrogen-bond acceptors (Lipinski definition) is 4. The fraction of sp³-hybridized carbons (Fsp3) is 0.409. The number of fused-ring (bicyclic) bond motifs is 4. The van der Waals surface area contributed by atoms with Crippen LogP contribution in [-0.2, 0) is 17.2 Å². The van der Waals surface area contributed by atoms with Gasteiger partial charge in [0.1, 0.15) is 0 Å². The molecule has 33 heavy (non-hydrogen) atoms. The first-order valence-electron chi connectivity index (χ1n) is 10.3. The maximum Gasteiger partial charge on any atom is 0.416 e. The maximum atomic E-state index is 13.3. The van der Waals surface area contributed by atoms with Gasteiger partial charge in [-0.3, -0.25) is 4.84 Å². The third-order valence-electron chi connectivity index (χ3n) is 6.30. The summed E-state index contributed by atoms with van der Waals surface area (Å²) in [5.74, 6) is 0.162.